The molecule has 2 amide bonds. The van der Waals surface area contributed by atoms with Crippen molar-refractivity contribution in [3.8, 4) is 0 Å². The van der Waals surface area contributed by atoms with Gasteiger partial charge in [-0.2, -0.15) is 0 Å². The van der Waals surface area contributed by atoms with E-state index >= 15 is 0 Å². The van der Waals surface area contributed by atoms with E-state index in [0.717, 1.165) is 11.1 Å². The van der Waals surface area contributed by atoms with Gasteiger partial charge in [0.2, 0.25) is 5.91 Å². The maximum atomic E-state index is 13.3. The van der Waals surface area contributed by atoms with Crippen LogP contribution in [0, 0.1) is 18.7 Å². The Labute approximate surface area is 203 Å². The maximum Gasteiger partial charge on any atom is 0.276 e. The zero-order valence-corrected chi connectivity index (χ0v) is 19.6. The zero-order valence-electron chi connectivity index (χ0n) is 19.6. The average molecular weight is 478 g/mol. The molecule has 1 atom stereocenters. The van der Waals surface area contributed by atoms with E-state index in [-0.39, 0.29) is 42.8 Å². The van der Waals surface area contributed by atoms with Gasteiger partial charge in [0.15, 0.2) is 5.69 Å². The van der Waals surface area contributed by atoms with Gasteiger partial charge in [0.05, 0.1) is 18.8 Å². The molecule has 0 radical (unpaired) electrons. The smallest absolute Gasteiger partial charge is 0.276 e. The molecule has 0 aliphatic carbocycles. The molecule has 2 aromatic carbocycles. The minimum Gasteiger partial charge on any atom is -0.365 e. The molecule has 8 nitrogen and oxygen atoms in total. The monoisotopic (exact) mass is 477 g/mol. The molecule has 1 fully saturated rings. The molecule has 1 N–H and O–H groups in total. The number of fused-ring (bicyclic) bond motifs is 1. The Balaban J connectivity index is 1.15. The van der Waals surface area contributed by atoms with Gasteiger partial charge in [-0.3, -0.25) is 9.59 Å². The first kappa shape index (κ1) is 23.2. The van der Waals surface area contributed by atoms with Crippen LogP contribution < -0.4 is 5.32 Å². The number of carbonyl (C=O) groups is 2. The van der Waals surface area contributed by atoms with E-state index in [9.17, 15) is 14.0 Å². The first-order chi connectivity index (χ1) is 17.0. The normalized spacial score (nSPS) is 18.2. The minimum atomic E-state index is -0.324. The molecule has 9 heteroatoms. The van der Waals surface area contributed by atoms with E-state index in [1.165, 1.54) is 17.7 Å². The van der Waals surface area contributed by atoms with E-state index in [1.807, 2.05) is 19.1 Å². The topological polar surface area (TPSA) is 89.4 Å². The summed E-state index contributed by atoms with van der Waals surface area (Å²) in [4.78, 5) is 27.5. The zero-order chi connectivity index (χ0) is 24.4. The Morgan fingerprint density at radius 3 is 2.66 bits per heavy atom. The number of hydrogen-bond donors (Lipinski definition) is 1. The lowest BCUT2D eigenvalue weighted by molar-refractivity contribution is -0.126. The van der Waals surface area contributed by atoms with Crippen LogP contribution in [0.2, 0.25) is 0 Å². The second kappa shape index (κ2) is 9.95. The van der Waals surface area contributed by atoms with Crippen LogP contribution >= 0.6 is 0 Å². The lowest BCUT2D eigenvalue weighted by Gasteiger charge is -2.31. The molecule has 0 unspecified atom stereocenters. The quantitative estimate of drug-likeness (QED) is 0.610. The van der Waals surface area contributed by atoms with Crippen LogP contribution in [0.5, 0.6) is 0 Å². The number of halogens is 1. The largest absolute Gasteiger partial charge is 0.365 e. The van der Waals surface area contributed by atoms with Crippen LogP contribution in [-0.4, -0.2) is 44.8 Å². The lowest BCUT2D eigenvalue weighted by Crippen LogP contribution is -2.43. The summed E-state index contributed by atoms with van der Waals surface area (Å²) < 4.78 is 21.1. The number of hydrogen-bond acceptors (Lipinski definition) is 5. The van der Waals surface area contributed by atoms with Gasteiger partial charge in [-0.25, -0.2) is 9.07 Å². The van der Waals surface area contributed by atoms with Crippen LogP contribution in [-0.2, 0) is 29.2 Å². The van der Waals surface area contributed by atoms with Crippen molar-refractivity contribution in [1.29, 1.82) is 0 Å². The molecule has 0 spiro atoms. The van der Waals surface area contributed by atoms with Gasteiger partial charge in [-0.1, -0.05) is 47.2 Å². The third-order valence-corrected chi connectivity index (χ3v) is 6.76. The predicted molar refractivity (Wildman–Crippen MR) is 126 cm³/mol. The van der Waals surface area contributed by atoms with Crippen LogP contribution in [0.25, 0.3) is 0 Å². The molecule has 0 saturated carbocycles. The van der Waals surface area contributed by atoms with Gasteiger partial charge in [0.25, 0.3) is 5.91 Å². The van der Waals surface area contributed by atoms with Crippen LogP contribution in [0.4, 0.5) is 4.39 Å². The third-order valence-electron chi connectivity index (χ3n) is 6.76. The Bertz CT molecular complexity index is 1220. The van der Waals surface area contributed by atoms with Crippen molar-refractivity contribution in [2.45, 2.75) is 45.6 Å². The fraction of sp³-hybridized carbons (Fsp3) is 0.385. The van der Waals surface area contributed by atoms with Crippen molar-refractivity contribution in [3.05, 3.63) is 82.4 Å². The van der Waals surface area contributed by atoms with Crippen LogP contribution in [0.1, 0.15) is 51.8 Å². The van der Waals surface area contributed by atoms with Crippen LogP contribution in [0.15, 0.2) is 48.5 Å². The van der Waals surface area contributed by atoms with Crippen molar-refractivity contribution < 1.29 is 18.7 Å². The number of nitrogens with one attached hydrogen (secondary N) is 1. The summed E-state index contributed by atoms with van der Waals surface area (Å²) in [6, 6.07) is 14.4. The number of rotatable bonds is 5. The molecule has 3 aromatic rings. The van der Waals surface area contributed by atoms with Crippen molar-refractivity contribution >= 4 is 11.8 Å². The number of piperidine rings is 1. The van der Waals surface area contributed by atoms with E-state index < -0.39 is 0 Å². The standard InChI is InChI=1S/C26H28FN5O3/c1-17-5-7-19(8-6-17)23-15-32-22(16-35-23)24(29-30-32)26(34)31-11-9-20(10-12-31)25(33)28-14-18-3-2-4-21(27)13-18/h2-8,13,20,23H,9-12,14-16H2,1H3,(H,28,33)/t23-/m0/s1. The summed E-state index contributed by atoms with van der Waals surface area (Å²) in [5.41, 5.74) is 3.98. The second-order valence-corrected chi connectivity index (χ2v) is 9.19. The van der Waals surface area contributed by atoms with Gasteiger partial charge in [0.1, 0.15) is 11.9 Å². The Morgan fingerprint density at radius 2 is 1.91 bits per heavy atom. The highest BCUT2D eigenvalue weighted by Gasteiger charge is 2.33. The molecule has 182 valence electrons. The molecular formula is C26H28FN5O3. The Kier molecular flexibility index (Phi) is 6.59. The molecule has 3 heterocycles. The predicted octanol–water partition coefficient (Wildman–Crippen LogP) is 3.17. The van der Waals surface area contributed by atoms with E-state index in [0.29, 0.717) is 43.9 Å². The van der Waals surface area contributed by atoms with Crippen LogP contribution in [0.3, 0.4) is 0 Å². The number of carbonyl (C=O) groups excluding carboxylic acids is 2. The summed E-state index contributed by atoms with van der Waals surface area (Å²) in [6.07, 6.45) is 1.00. The van der Waals surface area contributed by atoms with Crippen molar-refractivity contribution in [3.63, 3.8) is 0 Å². The summed E-state index contributed by atoms with van der Waals surface area (Å²) in [6.45, 7) is 4.04. The molecule has 1 aromatic heterocycles. The first-order valence-electron chi connectivity index (χ1n) is 11.9. The highest BCUT2D eigenvalue weighted by molar-refractivity contribution is 5.93. The molecule has 5 rings (SSSR count). The number of aryl methyl sites for hydroxylation is 1. The third kappa shape index (κ3) is 5.09. The molecule has 35 heavy (non-hydrogen) atoms. The second-order valence-electron chi connectivity index (χ2n) is 9.19. The summed E-state index contributed by atoms with van der Waals surface area (Å²) in [5, 5.41) is 11.3. The van der Waals surface area contributed by atoms with Gasteiger partial charge < -0.3 is 15.0 Å². The van der Waals surface area contributed by atoms with Gasteiger partial charge >= 0.3 is 0 Å². The minimum absolute atomic E-state index is 0.0713. The number of benzene rings is 2. The van der Waals surface area contributed by atoms with Crippen molar-refractivity contribution in [2.24, 2.45) is 5.92 Å². The molecule has 2 aliphatic heterocycles. The van der Waals surface area contributed by atoms with Gasteiger partial charge in [-0.15, -0.1) is 5.10 Å². The fourth-order valence-electron chi connectivity index (χ4n) is 4.64. The molecule has 0 bridgehead atoms. The molecular weight excluding hydrogens is 449 g/mol. The highest BCUT2D eigenvalue weighted by atomic mass is 19.1. The summed E-state index contributed by atoms with van der Waals surface area (Å²) in [5.74, 6) is -0.754. The van der Waals surface area contributed by atoms with E-state index in [1.54, 1.807) is 21.7 Å². The molecule has 2 aliphatic rings. The lowest BCUT2D eigenvalue weighted by atomic mass is 9.95. The SMILES string of the molecule is Cc1ccc([C@@H]2Cn3nnc(C(=O)N4CCC(C(=O)NCc5cccc(F)c5)CC4)c3CO2)cc1. The highest BCUT2D eigenvalue weighted by Crippen LogP contribution is 2.28. The fourth-order valence-corrected chi connectivity index (χ4v) is 4.64. The number of aromatic nitrogens is 3. The van der Waals surface area contributed by atoms with Gasteiger partial charge in [-0.05, 0) is 43.0 Å². The Hall–Kier alpha value is -3.59. The average Bonchev–Trinajstić information content (AvgIpc) is 3.31. The summed E-state index contributed by atoms with van der Waals surface area (Å²) in [7, 11) is 0. The number of ether oxygens (including phenoxy) is 1. The Morgan fingerprint density at radius 1 is 1.14 bits per heavy atom. The van der Waals surface area contributed by atoms with Gasteiger partial charge in [0, 0.05) is 25.6 Å². The van der Waals surface area contributed by atoms with Crippen molar-refractivity contribution in [1.82, 2.24) is 25.2 Å². The maximum absolute atomic E-state index is 13.3. The number of amides is 2. The molecule has 1 saturated heterocycles. The number of nitrogens with zero attached hydrogens (tertiary/aromatic N) is 4. The van der Waals surface area contributed by atoms with E-state index in [4.69, 9.17) is 4.74 Å². The van der Waals surface area contributed by atoms with Crippen molar-refractivity contribution in [2.75, 3.05) is 13.1 Å². The first-order valence-corrected chi connectivity index (χ1v) is 11.9. The van der Waals surface area contributed by atoms with E-state index in [2.05, 4.69) is 27.8 Å². The number of likely N-dealkylation sites (tertiary alicyclic amines) is 1. The summed E-state index contributed by atoms with van der Waals surface area (Å²) >= 11 is 0.